The number of benzene rings is 2. The number of carbonyl (C=O) groups excluding carboxylic acids is 2. The summed E-state index contributed by atoms with van der Waals surface area (Å²) in [5, 5.41) is 0. The number of nitrogens with zero attached hydrogens (tertiary/aromatic N) is 1. The molecule has 2 aromatic carbocycles. The number of rotatable bonds is 6. The molecule has 0 atom stereocenters. The van der Waals surface area contributed by atoms with E-state index in [4.69, 9.17) is 10.5 Å². The molecule has 1 aliphatic rings. The van der Waals surface area contributed by atoms with E-state index in [1.54, 1.807) is 17.1 Å². The molecule has 5 nitrogen and oxygen atoms in total. The van der Waals surface area contributed by atoms with Crippen molar-refractivity contribution in [3.8, 4) is 5.75 Å². The Labute approximate surface area is 159 Å². The molecular weight excluding hydrogens is 340 g/mol. The Hall–Kier alpha value is -3.08. The van der Waals surface area contributed by atoms with Crippen LogP contribution >= 0.6 is 0 Å². The lowest BCUT2D eigenvalue weighted by atomic mass is 9.96. The van der Waals surface area contributed by atoms with E-state index in [0.29, 0.717) is 32.5 Å². The van der Waals surface area contributed by atoms with Crippen molar-refractivity contribution in [2.45, 2.75) is 19.4 Å². The van der Waals surface area contributed by atoms with Crippen molar-refractivity contribution in [2.24, 2.45) is 11.7 Å². The molecule has 1 heterocycles. The number of hydrogen-bond donors (Lipinski definition) is 1. The fourth-order valence-electron chi connectivity index (χ4n) is 3.11. The van der Waals surface area contributed by atoms with Gasteiger partial charge in [0, 0.05) is 25.1 Å². The highest BCUT2D eigenvalue weighted by molar-refractivity contribution is 5.92. The Morgan fingerprint density at radius 3 is 2.52 bits per heavy atom. The van der Waals surface area contributed by atoms with Gasteiger partial charge in [0.2, 0.25) is 11.8 Å². The molecule has 140 valence electrons. The molecule has 0 unspecified atom stereocenters. The average molecular weight is 364 g/mol. The van der Waals surface area contributed by atoms with Crippen LogP contribution in [0.3, 0.4) is 0 Å². The van der Waals surface area contributed by atoms with E-state index in [-0.39, 0.29) is 17.7 Å². The number of nitrogens with two attached hydrogens (primary N) is 1. The number of carbonyl (C=O) groups is 2. The number of ether oxygens (including phenoxy) is 1. The van der Waals surface area contributed by atoms with Gasteiger partial charge in [-0.2, -0.15) is 0 Å². The fourth-order valence-corrected chi connectivity index (χ4v) is 3.11. The van der Waals surface area contributed by atoms with E-state index >= 15 is 0 Å². The Morgan fingerprint density at radius 2 is 1.81 bits per heavy atom. The van der Waals surface area contributed by atoms with Crippen LogP contribution in [0.15, 0.2) is 60.7 Å². The minimum atomic E-state index is -0.273. The van der Waals surface area contributed by atoms with Gasteiger partial charge in [-0.1, -0.05) is 42.5 Å². The molecule has 1 fully saturated rings. The predicted octanol–water partition coefficient (Wildman–Crippen LogP) is 3.00. The first-order valence-electron chi connectivity index (χ1n) is 9.15. The van der Waals surface area contributed by atoms with Gasteiger partial charge in [-0.25, -0.2) is 0 Å². The zero-order valence-electron chi connectivity index (χ0n) is 15.2. The van der Waals surface area contributed by atoms with E-state index < -0.39 is 0 Å². The average Bonchev–Trinajstić information content (AvgIpc) is 2.71. The highest BCUT2D eigenvalue weighted by Crippen LogP contribution is 2.18. The first-order valence-corrected chi connectivity index (χ1v) is 9.15. The molecule has 0 aliphatic carbocycles. The smallest absolute Gasteiger partial charge is 0.246 e. The van der Waals surface area contributed by atoms with Gasteiger partial charge in [-0.3, -0.25) is 9.59 Å². The van der Waals surface area contributed by atoms with Crippen LogP contribution in [0.2, 0.25) is 0 Å². The highest BCUT2D eigenvalue weighted by atomic mass is 16.5. The highest BCUT2D eigenvalue weighted by Gasteiger charge is 2.24. The standard InChI is InChI=1S/C22H24N2O3/c23-22(26)19-11-13-24(14-12-19)21(25)10-9-17-7-4-8-20(15-17)27-16-18-5-2-1-3-6-18/h1-10,15,19H,11-14,16H2,(H2,23,26)/b10-9+. The first kappa shape index (κ1) is 18.7. The zero-order chi connectivity index (χ0) is 19.1. The summed E-state index contributed by atoms with van der Waals surface area (Å²) in [5.41, 5.74) is 7.34. The molecule has 0 saturated carbocycles. The van der Waals surface area contributed by atoms with Crippen molar-refractivity contribution in [1.29, 1.82) is 0 Å². The van der Waals surface area contributed by atoms with Gasteiger partial charge in [0.1, 0.15) is 12.4 Å². The molecule has 27 heavy (non-hydrogen) atoms. The van der Waals surface area contributed by atoms with Gasteiger partial charge in [0.25, 0.3) is 0 Å². The minimum absolute atomic E-state index is 0.0477. The quantitative estimate of drug-likeness (QED) is 0.801. The van der Waals surface area contributed by atoms with E-state index in [0.717, 1.165) is 16.9 Å². The Morgan fingerprint density at radius 1 is 1.07 bits per heavy atom. The Balaban J connectivity index is 1.54. The number of amides is 2. The predicted molar refractivity (Wildman–Crippen MR) is 105 cm³/mol. The summed E-state index contributed by atoms with van der Waals surface area (Å²) in [6.07, 6.45) is 4.63. The summed E-state index contributed by atoms with van der Waals surface area (Å²) in [5.74, 6) is 0.325. The summed E-state index contributed by atoms with van der Waals surface area (Å²) in [7, 11) is 0. The molecule has 0 aromatic heterocycles. The van der Waals surface area contributed by atoms with Crippen LogP contribution in [-0.4, -0.2) is 29.8 Å². The molecule has 1 saturated heterocycles. The van der Waals surface area contributed by atoms with Crippen LogP contribution in [0.25, 0.3) is 6.08 Å². The van der Waals surface area contributed by atoms with Crippen molar-refractivity contribution in [3.05, 3.63) is 71.8 Å². The molecule has 2 amide bonds. The first-order chi connectivity index (χ1) is 13.1. The molecule has 0 bridgehead atoms. The van der Waals surface area contributed by atoms with Crippen LogP contribution in [0.5, 0.6) is 5.75 Å². The van der Waals surface area contributed by atoms with Crippen molar-refractivity contribution in [1.82, 2.24) is 4.90 Å². The van der Waals surface area contributed by atoms with E-state index in [1.165, 1.54) is 0 Å². The number of primary amides is 1. The summed E-state index contributed by atoms with van der Waals surface area (Å²) in [6, 6.07) is 17.6. The van der Waals surface area contributed by atoms with Gasteiger partial charge in [-0.15, -0.1) is 0 Å². The second kappa shape index (κ2) is 9.03. The summed E-state index contributed by atoms with van der Waals surface area (Å²) in [4.78, 5) is 25.3. The fraction of sp³-hybridized carbons (Fsp3) is 0.273. The Kier molecular flexibility index (Phi) is 6.26. The largest absolute Gasteiger partial charge is 0.489 e. The lowest BCUT2D eigenvalue weighted by Gasteiger charge is -2.29. The molecule has 2 aromatic rings. The third-order valence-corrected chi connectivity index (χ3v) is 4.73. The SMILES string of the molecule is NC(=O)C1CCN(C(=O)/C=C/c2cccc(OCc3ccccc3)c2)CC1. The number of likely N-dealkylation sites (tertiary alicyclic amines) is 1. The van der Waals surface area contributed by atoms with Crippen LogP contribution in [-0.2, 0) is 16.2 Å². The topological polar surface area (TPSA) is 72.6 Å². The maximum absolute atomic E-state index is 12.3. The monoisotopic (exact) mass is 364 g/mol. The van der Waals surface area contributed by atoms with Crippen LogP contribution in [0.4, 0.5) is 0 Å². The normalized spacial score (nSPS) is 15.0. The lowest BCUT2D eigenvalue weighted by molar-refractivity contribution is -0.130. The van der Waals surface area contributed by atoms with Gasteiger partial charge < -0.3 is 15.4 Å². The molecule has 3 rings (SSSR count). The Bertz CT molecular complexity index is 809. The van der Waals surface area contributed by atoms with Crippen LogP contribution < -0.4 is 10.5 Å². The van der Waals surface area contributed by atoms with Crippen molar-refractivity contribution >= 4 is 17.9 Å². The maximum Gasteiger partial charge on any atom is 0.246 e. The van der Waals surface area contributed by atoms with Crippen molar-refractivity contribution < 1.29 is 14.3 Å². The van der Waals surface area contributed by atoms with Crippen LogP contribution in [0, 0.1) is 5.92 Å². The molecule has 5 heteroatoms. The van der Waals surface area contributed by atoms with E-state index in [9.17, 15) is 9.59 Å². The second-order valence-electron chi connectivity index (χ2n) is 6.68. The van der Waals surface area contributed by atoms with E-state index in [1.807, 2.05) is 54.6 Å². The van der Waals surface area contributed by atoms with Gasteiger partial charge in [-0.05, 0) is 42.2 Å². The summed E-state index contributed by atoms with van der Waals surface area (Å²) >= 11 is 0. The van der Waals surface area contributed by atoms with Crippen molar-refractivity contribution in [3.63, 3.8) is 0 Å². The molecule has 0 spiro atoms. The van der Waals surface area contributed by atoms with E-state index in [2.05, 4.69) is 0 Å². The molecule has 2 N–H and O–H groups in total. The minimum Gasteiger partial charge on any atom is -0.489 e. The zero-order valence-corrected chi connectivity index (χ0v) is 15.2. The number of piperidine rings is 1. The van der Waals surface area contributed by atoms with Gasteiger partial charge >= 0.3 is 0 Å². The second-order valence-corrected chi connectivity index (χ2v) is 6.68. The third kappa shape index (κ3) is 5.45. The molecule has 1 aliphatic heterocycles. The molecular formula is C22H24N2O3. The number of hydrogen-bond acceptors (Lipinski definition) is 3. The van der Waals surface area contributed by atoms with Crippen LogP contribution in [0.1, 0.15) is 24.0 Å². The summed E-state index contributed by atoms with van der Waals surface area (Å²) in [6.45, 7) is 1.63. The van der Waals surface area contributed by atoms with Gasteiger partial charge in [0.15, 0.2) is 0 Å². The van der Waals surface area contributed by atoms with Crippen molar-refractivity contribution in [2.75, 3.05) is 13.1 Å². The summed E-state index contributed by atoms with van der Waals surface area (Å²) < 4.78 is 5.82. The maximum atomic E-state index is 12.3. The van der Waals surface area contributed by atoms with Gasteiger partial charge in [0.05, 0.1) is 0 Å². The lowest BCUT2D eigenvalue weighted by Crippen LogP contribution is -2.41. The molecule has 0 radical (unpaired) electrons. The third-order valence-electron chi connectivity index (χ3n) is 4.73.